The Kier molecular flexibility index (Phi) is 8.26. The van der Waals surface area contributed by atoms with Crippen LogP contribution in [-0.4, -0.2) is 130 Å². The SMILES string of the molecule is O=C1C=CC(=O)N1CCCCN1C(=O)C2C3C=CC(CCOCCC45C=CC(O4)C4C(=O)N(CCCCN6C(=O)C=CC6=O)C(=O)C45)(O3)C2C1=O. The minimum atomic E-state index is -0.970. The molecule has 0 aromatic rings. The van der Waals surface area contributed by atoms with Crippen molar-refractivity contribution in [1.29, 1.82) is 0 Å². The second kappa shape index (κ2) is 12.6. The van der Waals surface area contributed by atoms with Crippen molar-refractivity contribution in [2.45, 2.75) is 61.9 Å². The molecule has 4 fully saturated rings. The first-order valence-corrected chi connectivity index (χ1v) is 17.6. The summed E-state index contributed by atoms with van der Waals surface area (Å²) in [7, 11) is 0. The lowest BCUT2D eigenvalue weighted by molar-refractivity contribution is -0.146. The van der Waals surface area contributed by atoms with Crippen molar-refractivity contribution in [2.24, 2.45) is 23.7 Å². The van der Waals surface area contributed by atoms with Crippen LogP contribution >= 0.6 is 0 Å². The highest BCUT2D eigenvalue weighted by Crippen LogP contribution is 2.54. The number of carbonyl (C=O) groups is 8. The molecule has 8 rings (SSSR count). The van der Waals surface area contributed by atoms with Gasteiger partial charge in [0.2, 0.25) is 23.6 Å². The minimum absolute atomic E-state index is 0.198. The zero-order chi connectivity index (χ0) is 35.7. The van der Waals surface area contributed by atoms with Crippen LogP contribution in [0.3, 0.4) is 0 Å². The topological polar surface area (TPSA) is 177 Å². The van der Waals surface area contributed by atoms with Gasteiger partial charge in [0.15, 0.2) is 0 Å². The monoisotopic (exact) mass is 702 g/mol. The van der Waals surface area contributed by atoms with Gasteiger partial charge in [-0.1, -0.05) is 24.3 Å². The largest absolute Gasteiger partial charge is 0.381 e. The summed E-state index contributed by atoms with van der Waals surface area (Å²) in [6, 6.07) is 0. The van der Waals surface area contributed by atoms with Gasteiger partial charge >= 0.3 is 0 Å². The highest BCUT2D eigenvalue weighted by molar-refractivity contribution is 6.13. The summed E-state index contributed by atoms with van der Waals surface area (Å²) >= 11 is 0. The third-order valence-corrected chi connectivity index (χ3v) is 11.6. The molecule has 0 aliphatic carbocycles. The average molecular weight is 703 g/mol. The van der Waals surface area contributed by atoms with Crippen LogP contribution in [0.15, 0.2) is 48.6 Å². The van der Waals surface area contributed by atoms with Gasteiger partial charge in [-0.15, -0.1) is 0 Å². The average Bonchev–Trinajstić information content (AvgIpc) is 3.99. The molecule has 0 saturated carbocycles. The van der Waals surface area contributed by atoms with Crippen molar-refractivity contribution in [2.75, 3.05) is 39.4 Å². The number of imide groups is 4. The Balaban J connectivity index is 0.811. The van der Waals surface area contributed by atoms with Gasteiger partial charge in [0, 0.05) is 76.5 Å². The number of amides is 8. The molecule has 8 unspecified atom stereocenters. The Morgan fingerprint density at radius 2 is 0.863 bits per heavy atom. The molecule has 0 radical (unpaired) electrons. The van der Waals surface area contributed by atoms with Gasteiger partial charge in [0.1, 0.15) is 11.2 Å². The Labute approximate surface area is 292 Å². The fraction of sp³-hybridized carbons (Fsp3) is 0.556. The van der Waals surface area contributed by atoms with Gasteiger partial charge in [-0.3, -0.25) is 58.0 Å². The van der Waals surface area contributed by atoms with Crippen LogP contribution in [0.25, 0.3) is 0 Å². The number of rotatable bonds is 16. The first-order chi connectivity index (χ1) is 24.5. The molecule has 0 spiro atoms. The van der Waals surface area contributed by atoms with Crippen molar-refractivity contribution in [1.82, 2.24) is 19.6 Å². The Bertz CT molecular complexity index is 1590. The number of fused-ring (bicyclic) bond motifs is 10. The molecule has 8 heterocycles. The highest BCUT2D eigenvalue weighted by atomic mass is 16.5. The van der Waals surface area contributed by atoms with E-state index in [1.54, 1.807) is 0 Å². The predicted molar refractivity (Wildman–Crippen MR) is 171 cm³/mol. The van der Waals surface area contributed by atoms with Gasteiger partial charge in [0.05, 0.1) is 35.9 Å². The van der Waals surface area contributed by atoms with Crippen molar-refractivity contribution in [3.8, 4) is 0 Å². The van der Waals surface area contributed by atoms with Crippen molar-refractivity contribution in [3.05, 3.63) is 48.6 Å². The number of hydrogen-bond donors (Lipinski definition) is 0. The number of likely N-dealkylation sites (tertiary alicyclic amines) is 2. The molecule has 15 nitrogen and oxygen atoms in total. The molecule has 8 amide bonds. The normalized spacial score (nSPS) is 35.5. The van der Waals surface area contributed by atoms with E-state index in [1.807, 2.05) is 24.3 Å². The third-order valence-electron chi connectivity index (χ3n) is 11.6. The number of carbonyl (C=O) groups excluding carboxylic acids is 8. The summed E-state index contributed by atoms with van der Waals surface area (Å²) in [5.41, 5.74) is -1.94. The first kappa shape index (κ1) is 33.5. The summed E-state index contributed by atoms with van der Waals surface area (Å²) in [6.07, 6.45) is 13.8. The number of hydrogen-bond acceptors (Lipinski definition) is 11. The van der Waals surface area contributed by atoms with Gasteiger partial charge in [0.25, 0.3) is 23.6 Å². The fourth-order valence-corrected chi connectivity index (χ4v) is 9.10. The Morgan fingerprint density at radius 3 is 1.24 bits per heavy atom. The van der Waals surface area contributed by atoms with Crippen LogP contribution in [-0.2, 0) is 52.6 Å². The zero-order valence-electron chi connectivity index (χ0n) is 27.8. The van der Waals surface area contributed by atoms with E-state index < -0.39 is 47.1 Å². The van der Waals surface area contributed by atoms with Crippen molar-refractivity contribution < 1.29 is 52.6 Å². The quantitative estimate of drug-likeness (QED) is 0.118. The van der Waals surface area contributed by atoms with Gasteiger partial charge in [-0.2, -0.15) is 0 Å². The molecule has 15 heteroatoms. The summed E-state index contributed by atoms with van der Waals surface area (Å²) in [5.74, 6) is -5.10. The molecule has 0 aromatic heterocycles. The van der Waals surface area contributed by atoms with E-state index >= 15 is 0 Å². The van der Waals surface area contributed by atoms with Crippen molar-refractivity contribution >= 4 is 47.3 Å². The molecule has 4 bridgehead atoms. The first-order valence-electron chi connectivity index (χ1n) is 17.6. The third kappa shape index (κ3) is 5.27. The molecule has 51 heavy (non-hydrogen) atoms. The maximum atomic E-state index is 13.6. The van der Waals surface area contributed by atoms with E-state index in [2.05, 4.69) is 0 Å². The van der Waals surface area contributed by atoms with Crippen LogP contribution in [0, 0.1) is 23.7 Å². The lowest BCUT2D eigenvalue weighted by atomic mass is 9.75. The van der Waals surface area contributed by atoms with E-state index in [0.717, 1.165) is 9.80 Å². The molecule has 0 aromatic carbocycles. The predicted octanol–water partition coefficient (Wildman–Crippen LogP) is -0.189. The summed E-state index contributed by atoms with van der Waals surface area (Å²) in [6.45, 7) is 1.29. The number of unbranched alkanes of at least 4 members (excludes halogenated alkanes) is 2. The maximum Gasteiger partial charge on any atom is 0.253 e. The molecular formula is C36H38N4O11. The van der Waals surface area contributed by atoms with Gasteiger partial charge in [-0.05, 0) is 25.7 Å². The zero-order valence-corrected chi connectivity index (χ0v) is 27.8. The van der Waals surface area contributed by atoms with E-state index in [-0.39, 0.29) is 86.7 Å². The summed E-state index contributed by atoms with van der Waals surface area (Å²) < 4.78 is 18.5. The maximum absolute atomic E-state index is 13.6. The Hall–Kier alpha value is -4.60. The second-order valence-corrected chi connectivity index (χ2v) is 14.3. The molecule has 0 N–H and O–H groups in total. The van der Waals surface area contributed by atoms with Crippen LogP contribution in [0.1, 0.15) is 38.5 Å². The highest BCUT2D eigenvalue weighted by Gasteiger charge is 2.68. The molecule has 8 aliphatic heterocycles. The molecule has 4 saturated heterocycles. The minimum Gasteiger partial charge on any atom is -0.381 e. The van der Waals surface area contributed by atoms with Crippen LogP contribution in [0.4, 0.5) is 0 Å². The fourth-order valence-electron chi connectivity index (χ4n) is 9.10. The van der Waals surface area contributed by atoms with E-state index in [9.17, 15) is 38.4 Å². The van der Waals surface area contributed by atoms with Crippen LogP contribution < -0.4 is 0 Å². The molecular weight excluding hydrogens is 664 g/mol. The van der Waals surface area contributed by atoms with E-state index in [0.29, 0.717) is 38.5 Å². The summed E-state index contributed by atoms with van der Waals surface area (Å²) in [5, 5.41) is 0. The lowest BCUT2D eigenvalue weighted by Gasteiger charge is -2.30. The smallest absolute Gasteiger partial charge is 0.253 e. The van der Waals surface area contributed by atoms with Gasteiger partial charge in [-0.25, -0.2) is 0 Å². The lowest BCUT2D eigenvalue weighted by Crippen LogP contribution is -2.42. The Morgan fingerprint density at radius 1 is 0.510 bits per heavy atom. The summed E-state index contributed by atoms with van der Waals surface area (Å²) in [4.78, 5) is 106. The van der Waals surface area contributed by atoms with Gasteiger partial charge < -0.3 is 14.2 Å². The van der Waals surface area contributed by atoms with E-state index in [1.165, 1.54) is 34.1 Å². The van der Waals surface area contributed by atoms with Crippen molar-refractivity contribution in [3.63, 3.8) is 0 Å². The molecule has 268 valence electrons. The number of ether oxygens (including phenoxy) is 3. The standard InChI is InChI=1S/C36H38N4O11/c41-23-5-6-24(42)37(23)15-1-3-17-39-31(45)27-21-9-11-35(50-21,29(27)33(39)47)13-19-49-20-14-36-12-10-22(51-36)28-30(36)34(48)40(32(28)46)18-4-2-16-38-25(43)7-8-26(38)44/h5-12,21-22,27-30H,1-4,13-20H2. The van der Waals surface area contributed by atoms with Crippen LogP contribution in [0.2, 0.25) is 0 Å². The number of nitrogens with zero attached hydrogens (tertiary/aromatic N) is 4. The second-order valence-electron chi connectivity index (χ2n) is 14.3. The molecule has 8 aliphatic rings. The van der Waals surface area contributed by atoms with E-state index in [4.69, 9.17) is 14.2 Å². The van der Waals surface area contributed by atoms with Crippen LogP contribution in [0.5, 0.6) is 0 Å². The molecule has 8 atom stereocenters.